The summed E-state index contributed by atoms with van der Waals surface area (Å²) in [6.07, 6.45) is 0. The number of rotatable bonds is 2. The first kappa shape index (κ1) is 10.0. The van der Waals surface area contributed by atoms with Gasteiger partial charge in [-0.15, -0.1) is 0 Å². The third-order valence-corrected chi connectivity index (χ3v) is 2.10. The Morgan fingerprint density at radius 2 is 2.15 bits per heavy atom. The number of hydrazine groups is 1. The van der Waals surface area contributed by atoms with Crippen LogP contribution < -0.4 is 5.43 Å². The Labute approximate surface area is 86.1 Å². The lowest BCUT2D eigenvalue weighted by Crippen LogP contribution is -2.19. The molecule has 0 saturated heterocycles. The average Bonchev–Trinajstić information content (AvgIpc) is 2.08. The summed E-state index contributed by atoms with van der Waals surface area (Å²) in [5.74, 6) is 0. The van der Waals surface area contributed by atoms with E-state index in [2.05, 4.69) is 27.4 Å². The van der Waals surface area contributed by atoms with Crippen LogP contribution >= 0.6 is 15.9 Å². The molecule has 4 heteroatoms. The fourth-order valence-electron chi connectivity index (χ4n) is 0.916. The summed E-state index contributed by atoms with van der Waals surface area (Å²) in [5.41, 5.74) is 4.70. The average molecular weight is 240 g/mol. The van der Waals surface area contributed by atoms with Gasteiger partial charge in [0.25, 0.3) is 0 Å². The van der Waals surface area contributed by atoms with E-state index in [9.17, 15) is 0 Å². The van der Waals surface area contributed by atoms with Crippen molar-refractivity contribution in [2.45, 2.75) is 0 Å². The summed E-state index contributed by atoms with van der Waals surface area (Å²) in [6, 6.07) is 7.50. The predicted molar refractivity (Wildman–Crippen MR) is 56.2 cm³/mol. The van der Waals surface area contributed by atoms with Crippen LogP contribution in [0.15, 0.2) is 22.7 Å². The van der Waals surface area contributed by atoms with E-state index in [0.717, 1.165) is 10.2 Å². The highest BCUT2D eigenvalue weighted by Gasteiger charge is 2.00. The Hall–Kier alpha value is -1.05. The lowest BCUT2D eigenvalue weighted by Gasteiger charge is -2.14. The van der Waals surface area contributed by atoms with E-state index in [-0.39, 0.29) is 0 Å². The first-order chi connectivity index (χ1) is 6.13. The second kappa shape index (κ2) is 4.26. The van der Waals surface area contributed by atoms with Crippen LogP contribution in [0.4, 0.5) is 5.69 Å². The minimum Gasteiger partial charge on any atom is -0.318 e. The maximum atomic E-state index is 8.63. The Kier molecular flexibility index (Phi) is 3.29. The van der Waals surface area contributed by atoms with E-state index in [1.807, 2.05) is 25.2 Å². The predicted octanol–water partition coefficient (Wildman–Crippen LogP) is 2.21. The molecule has 68 valence electrons. The van der Waals surface area contributed by atoms with Crippen molar-refractivity contribution in [1.29, 1.82) is 5.26 Å². The highest BCUT2D eigenvalue weighted by atomic mass is 79.9. The zero-order valence-electron chi connectivity index (χ0n) is 7.50. The summed E-state index contributed by atoms with van der Waals surface area (Å²) < 4.78 is 0.889. The van der Waals surface area contributed by atoms with Gasteiger partial charge in [0.15, 0.2) is 0 Å². The van der Waals surface area contributed by atoms with Crippen molar-refractivity contribution in [3.63, 3.8) is 0 Å². The van der Waals surface area contributed by atoms with Gasteiger partial charge in [-0.1, -0.05) is 0 Å². The normalized spacial score (nSPS) is 9.77. The van der Waals surface area contributed by atoms with E-state index in [4.69, 9.17) is 5.26 Å². The van der Waals surface area contributed by atoms with Crippen LogP contribution in [0.1, 0.15) is 5.56 Å². The first-order valence-corrected chi connectivity index (χ1v) is 4.56. The molecule has 0 radical (unpaired) electrons. The number of hydrogen-bond acceptors (Lipinski definition) is 3. The maximum absolute atomic E-state index is 8.63. The summed E-state index contributed by atoms with van der Waals surface area (Å²) in [7, 11) is 3.81. The molecule has 3 nitrogen and oxygen atoms in total. The first-order valence-electron chi connectivity index (χ1n) is 3.77. The van der Waals surface area contributed by atoms with Crippen LogP contribution in [0, 0.1) is 11.3 Å². The topological polar surface area (TPSA) is 39.1 Å². The van der Waals surface area contributed by atoms with Crippen molar-refractivity contribution < 1.29 is 0 Å². The Balaban J connectivity index is 2.93. The SMILES string of the molecule is CN(C)Nc1ccc(C#N)cc1Br. The number of nitrogens with one attached hydrogen (secondary N) is 1. The monoisotopic (exact) mass is 239 g/mol. The number of benzene rings is 1. The summed E-state index contributed by atoms with van der Waals surface area (Å²) in [4.78, 5) is 0. The third-order valence-electron chi connectivity index (χ3n) is 1.44. The van der Waals surface area contributed by atoms with Crippen LogP contribution in [-0.2, 0) is 0 Å². The quantitative estimate of drug-likeness (QED) is 0.805. The molecule has 0 aromatic heterocycles. The highest BCUT2D eigenvalue weighted by Crippen LogP contribution is 2.23. The van der Waals surface area contributed by atoms with Gasteiger partial charge in [-0.3, -0.25) is 0 Å². The van der Waals surface area contributed by atoms with Crippen molar-refractivity contribution in [3.05, 3.63) is 28.2 Å². The molecular formula is C9H10BrN3. The molecule has 0 aliphatic heterocycles. The molecule has 1 aromatic carbocycles. The van der Waals surface area contributed by atoms with Crippen molar-refractivity contribution in [2.24, 2.45) is 0 Å². The van der Waals surface area contributed by atoms with Crippen LogP contribution in [-0.4, -0.2) is 19.1 Å². The molecule has 0 atom stereocenters. The molecule has 0 heterocycles. The molecule has 1 rings (SSSR count). The van der Waals surface area contributed by atoms with Crippen molar-refractivity contribution >= 4 is 21.6 Å². The lowest BCUT2D eigenvalue weighted by atomic mass is 10.2. The fourth-order valence-corrected chi connectivity index (χ4v) is 1.38. The Bertz CT molecular complexity index is 341. The number of nitrogens with zero attached hydrogens (tertiary/aromatic N) is 2. The van der Waals surface area contributed by atoms with Gasteiger partial charge in [0.2, 0.25) is 0 Å². The van der Waals surface area contributed by atoms with Crippen LogP contribution in [0.25, 0.3) is 0 Å². The minimum atomic E-state index is 0.649. The largest absolute Gasteiger partial charge is 0.318 e. The molecule has 1 N–H and O–H groups in total. The van der Waals surface area contributed by atoms with Gasteiger partial charge in [-0.25, -0.2) is 5.01 Å². The van der Waals surface area contributed by atoms with Crippen molar-refractivity contribution in [3.8, 4) is 6.07 Å². The van der Waals surface area contributed by atoms with E-state index in [1.54, 1.807) is 12.1 Å². The maximum Gasteiger partial charge on any atom is 0.0992 e. The Morgan fingerprint density at radius 1 is 1.46 bits per heavy atom. The van der Waals surface area contributed by atoms with Crippen LogP contribution in [0.2, 0.25) is 0 Å². The number of halogens is 1. The number of hydrogen-bond donors (Lipinski definition) is 1. The molecule has 0 saturated carbocycles. The summed E-state index contributed by atoms with van der Waals surface area (Å²) in [6.45, 7) is 0. The van der Waals surface area contributed by atoms with E-state index < -0.39 is 0 Å². The van der Waals surface area contributed by atoms with Gasteiger partial charge < -0.3 is 5.43 Å². The van der Waals surface area contributed by atoms with E-state index >= 15 is 0 Å². The molecular weight excluding hydrogens is 230 g/mol. The molecule has 0 amide bonds. The molecule has 1 aromatic rings. The molecule has 0 bridgehead atoms. The smallest absolute Gasteiger partial charge is 0.0992 e. The second-order valence-corrected chi connectivity index (χ2v) is 3.67. The number of anilines is 1. The van der Waals surface area contributed by atoms with Gasteiger partial charge in [0, 0.05) is 18.6 Å². The standard InChI is InChI=1S/C9H10BrN3/c1-13(2)12-9-4-3-7(6-11)5-8(9)10/h3-5,12H,1-2H3. The zero-order valence-corrected chi connectivity index (χ0v) is 9.09. The molecule has 13 heavy (non-hydrogen) atoms. The summed E-state index contributed by atoms with van der Waals surface area (Å²) >= 11 is 3.38. The molecule has 0 fully saturated rings. The van der Waals surface area contributed by atoms with Crippen molar-refractivity contribution in [1.82, 2.24) is 5.01 Å². The highest BCUT2D eigenvalue weighted by molar-refractivity contribution is 9.10. The van der Waals surface area contributed by atoms with Crippen molar-refractivity contribution in [2.75, 3.05) is 19.5 Å². The van der Waals surface area contributed by atoms with Crippen LogP contribution in [0.5, 0.6) is 0 Å². The number of nitriles is 1. The van der Waals surface area contributed by atoms with E-state index in [0.29, 0.717) is 5.56 Å². The third kappa shape index (κ3) is 2.72. The molecule has 0 aliphatic carbocycles. The molecule has 0 spiro atoms. The second-order valence-electron chi connectivity index (χ2n) is 2.81. The molecule has 0 unspecified atom stereocenters. The van der Waals surface area contributed by atoms with Gasteiger partial charge in [0.05, 0.1) is 17.3 Å². The van der Waals surface area contributed by atoms with E-state index in [1.165, 1.54) is 0 Å². The van der Waals surface area contributed by atoms with Crippen LogP contribution in [0.3, 0.4) is 0 Å². The Morgan fingerprint density at radius 3 is 2.62 bits per heavy atom. The van der Waals surface area contributed by atoms with Gasteiger partial charge in [-0.2, -0.15) is 5.26 Å². The molecule has 0 aliphatic rings. The summed E-state index contributed by atoms with van der Waals surface area (Å²) in [5, 5.41) is 10.5. The zero-order chi connectivity index (χ0) is 9.84. The van der Waals surface area contributed by atoms with Gasteiger partial charge >= 0.3 is 0 Å². The minimum absolute atomic E-state index is 0.649. The van der Waals surface area contributed by atoms with Gasteiger partial charge in [-0.05, 0) is 34.1 Å². The fraction of sp³-hybridized carbons (Fsp3) is 0.222. The van der Waals surface area contributed by atoms with Gasteiger partial charge in [0.1, 0.15) is 0 Å². The lowest BCUT2D eigenvalue weighted by molar-refractivity contribution is 0.495.